The number of hydrogen-bond acceptors (Lipinski definition) is 6. The van der Waals surface area contributed by atoms with Gasteiger partial charge in [-0.05, 0) is 30.7 Å². The highest BCUT2D eigenvalue weighted by atomic mass is 15.1. The fraction of sp³-hybridized carbons (Fsp3) is 0.238. The molecule has 0 spiro atoms. The van der Waals surface area contributed by atoms with Gasteiger partial charge in [0.15, 0.2) is 0 Å². The highest BCUT2D eigenvalue weighted by molar-refractivity contribution is 5.63. The second-order valence-electron chi connectivity index (χ2n) is 6.80. The molecular formula is C21H23N7. The fourth-order valence-corrected chi connectivity index (χ4v) is 3.08. The zero-order valence-electron chi connectivity index (χ0n) is 16.2. The van der Waals surface area contributed by atoms with Gasteiger partial charge in [-0.15, -0.1) is 0 Å². The molecule has 0 aliphatic rings. The van der Waals surface area contributed by atoms with Crippen LogP contribution in [0.3, 0.4) is 0 Å². The van der Waals surface area contributed by atoms with Gasteiger partial charge in [0.2, 0.25) is 11.7 Å². The average molecular weight is 373 g/mol. The number of aromatic nitrogens is 5. The molecule has 0 radical (unpaired) electrons. The third kappa shape index (κ3) is 3.64. The van der Waals surface area contributed by atoms with Crippen molar-refractivity contribution in [2.75, 3.05) is 24.3 Å². The van der Waals surface area contributed by atoms with E-state index in [1.807, 2.05) is 43.0 Å². The number of nitrogens with one attached hydrogen (secondary N) is 1. The van der Waals surface area contributed by atoms with Gasteiger partial charge in [-0.2, -0.15) is 0 Å². The molecule has 3 aromatic heterocycles. The Kier molecular flexibility index (Phi) is 4.89. The molecule has 0 amide bonds. The van der Waals surface area contributed by atoms with Crippen molar-refractivity contribution in [3.8, 4) is 11.3 Å². The van der Waals surface area contributed by atoms with Crippen LogP contribution < -0.4 is 10.2 Å². The second-order valence-corrected chi connectivity index (χ2v) is 6.80. The van der Waals surface area contributed by atoms with Crippen LogP contribution in [0, 0.1) is 0 Å². The van der Waals surface area contributed by atoms with Crippen molar-refractivity contribution >= 4 is 17.4 Å². The fourth-order valence-electron chi connectivity index (χ4n) is 3.08. The molecule has 0 saturated heterocycles. The smallest absolute Gasteiger partial charge is 0.233 e. The van der Waals surface area contributed by atoms with Crippen molar-refractivity contribution in [1.29, 1.82) is 0 Å². The molecule has 28 heavy (non-hydrogen) atoms. The topological polar surface area (TPSA) is 71.2 Å². The Labute approximate surface area is 164 Å². The third-order valence-electron chi connectivity index (χ3n) is 4.66. The van der Waals surface area contributed by atoms with Gasteiger partial charge >= 0.3 is 0 Å². The molecule has 4 aromatic rings. The summed E-state index contributed by atoms with van der Waals surface area (Å²) in [5, 5.41) is 3.41. The van der Waals surface area contributed by atoms with Crippen LogP contribution in [0.5, 0.6) is 0 Å². The first-order valence-corrected chi connectivity index (χ1v) is 9.31. The summed E-state index contributed by atoms with van der Waals surface area (Å²) in [5.41, 5.74) is 4.02. The molecule has 7 nitrogen and oxygen atoms in total. The highest BCUT2D eigenvalue weighted by Gasteiger charge is 2.15. The molecule has 0 saturated carbocycles. The van der Waals surface area contributed by atoms with E-state index in [-0.39, 0.29) is 6.04 Å². The van der Waals surface area contributed by atoms with Crippen LogP contribution in [0.2, 0.25) is 0 Å². The Morgan fingerprint density at radius 3 is 2.57 bits per heavy atom. The van der Waals surface area contributed by atoms with Crippen LogP contribution in [0.15, 0.2) is 61.2 Å². The van der Waals surface area contributed by atoms with Gasteiger partial charge in [0.05, 0.1) is 17.4 Å². The molecule has 0 aliphatic carbocycles. The molecule has 1 N–H and O–H groups in total. The van der Waals surface area contributed by atoms with Gasteiger partial charge in [-0.1, -0.05) is 19.1 Å². The lowest BCUT2D eigenvalue weighted by Gasteiger charge is -2.15. The largest absolute Gasteiger partial charge is 0.378 e. The van der Waals surface area contributed by atoms with E-state index in [1.165, 1.54) is 0 Å². The number of benzene rings is 1. The van der Waals surface area contributed by atoms with E-state index in [2.05, 4.69) is 56.4 Å². The maximum absolute atomic E-state index is 4.70. The van der Waals surface area contributed by atoms with Crippen LogP contribution in [0.1, 0.15) is 25.1 Å². The standard InChI is InChI=1S/C21H23N7/c1-4-17(19-14-28-13-5-11-23-21(28)26-19)24-20-22-12-10-18(25-20)15-6-8-16(9-7-15)27(2)3/h5-14,17H,4H2,1-3H3,(H,22,24,25). The van der Waals surface area contributed by atoms with E-state index < -0.39 is 0 Å². The summed E-state index contributed by atoms with van der Waals surface area (Å²) in [4.78, 5) is 20.1. The van der Waals surface area contributed by atoms with E-state index in [0.717, 1.165) is 29.1 Å². The van der Waals surface area contributed by atoms with E-state index in [1.54, 1.807) is 12.4 Å². The lowest BCUT2D eigenvalue weighted by molar-refractivity contribution is 0.719. The van der Waals surface area contributed by atoms with E-state index in [9.17, 15) is 0 Å². The van der Waals surface area contributed by atoms with Crippen LogP contribution in [-0.4, -0.2) is 38.4 Å². The Balaban J connectivity index is 1.57. The number of anilines is 2. The van der Waals surface area contributed by atoms with Gasteiger partial charge < -0.3 is 10.2 Å². The van der Waals surface area contributed by atoms with Crippen molar-refractivity contribution in [3.63, 3.8) is 0 Å². The Bertz CT molecular complexity index is 1040. The first kappa shape index (κ1) is 17.9. The molecule has 0 bridgehead atoms. The Hall–Kier alpha value is -3.48. The SMILES string of the molecule is CCC(Nc1nccc(-c2ccc(N(C)C)cc2)n1)c1cn2cccnc2n1. The average Bonchev–Trinajstić information content (AvgIpc) is 3.16. The molecule has 4 rings (SSSR count). The summed E-state index contributed by atoms with van der Waals surface area (Å²) in [6, 6.07) is 12.1. The molecule has 1 aromatic carbocycles. The minimum absolute atomic E-state index is 0.00747. The highest BCUT2D eigenvalue weighted by Crippen LogP contribution is 2.24. The van der Waals surface area contributed by atoms with E-state index in [4.69, 9.17) is 4.98 Å². The molecule has 142 valence electrons. The molecular weight excluding hydrogens is 350 g/mol. The molecule has 0 aliphatic heterocycles. The lowest BCUT2D eigenvalue weighted by Crippen LogP contribution is -2.12. The Morgan fingerprint density at radius 2 is 1.86 bits per heavy atom. The molecule has 1 unspecified atom stereocenters. The van der Waals surface area contributed by atoms with Crippen molar-refractivity contribution in [2.24, 2.45) is 0 Å². The van der Waals surface area contributed by atoms with Gasteiger partial charge in [0, 0.05) is 50.1 Å². The predicted molar refractivity (Wildman–Crippen MR) is 111 cm³/mol. The third-order valence-corrected chi connectivity index (χ3v) is 4.66. The summed E-state index contributed by atoms with van der Waals surface area (Å²) in [6.45, 7) is 2.11. The van der Waals surface area contributed by atoms with Gasteiger partial charge in [0.25, 0.3) is 0 Å². The summed E-state index contributed by atoms with van der Waals surface area (Å²) >= 11 is 0. The number of rotatable bonds is 6. The van der Waals surface area contributed by atoms with Crippen LogP contribution in [0.25, 0.3) is 17.0 Å². The predicted octanol–water partition coefficient (Wildman–Crippen LogP) is 3.82. The van der Waals surface area contributed by atoms with Crippen LogP contribution in [-0.2, 0) is 0 Å². The normalized spacial score (nSPS) is 12.1. The van der Waals surface area contributed by atoms with Crippen molar-refractivity contribution in [2.45, 2.75) is 19.4 Å². The van der Waals surface area contributed by atoms with Gasteiger partial charge in [-0.3, -0.25) is 4.40 Å². The zero-order chi connectivity index (χ0) is 19.5. The molecule has 7 heteroatoms. The Morgan fingerprint density at radius 1 is 1.04 bits per heavy atom. The summed E-state index contributed by atoms with van der Waals surface area (Å²) < 4.78 is 1.92. The van der Waals surface area contributed by atoms with E-state index >= 15 is 0 Å². The maximum Gasteiger partial charge on any atom is 0.233 e. The first-order valence-electron chi connectivity index (χ1n) is 9.31. The van der Waals surface area contributed by atoms with E-state index in [0.29, 0.717) is 11.7 Å². The summed E-state index contributed by atoms with van der Waals surface area (Å²) in [6.07, 6.45) is 8.32. The number of fused-ring (bicyclic) bond motifs is 1. The summed E-state index contributed by atoms with van der Waals surface area (Å²) in [7, 11) is 4.06. The van der Waals surface area contributed by atoms with Crippen LogP contribution >= 0.6 is 0 Å². The zero-order valence-corrected chi connectivity index (χ0v) is 16.2. The van der Waals surface area contributed by atoms with Gasteiger partial charge in [-0.25, -0.2) is 19.9 Å². The quantitative estimate of drug-likeness (QED) is 0.554. The maximum atomic E-state index is 4.70. The van der Waals surface area contributed by atoms with Crippen molar-refractivity contribution in [3.05, 3.63) is 66.9 Å². The van der Waals surface area contributed by atoms with Crippen LogP contribution in [0.4, 0.5) is 11.6 Å². The summed E-state index contributed by atoms with van der Waals surface area (Å²) in [5.74, 6) is 1.28. The van der Waals surface area contributed by atoms with Gasteiger partial charge in [0.1, 0.15) is 0 Å². The van der Waals surface area contributed by atoms with Crippen molar-refractivity contribution in [1.82, 2.24) is 24.3 Å². The molecule has 0 fully saturated rings. The first-order chi connectivity index (χ1) is 13.6. The minimum Gasteiger partial charge on any atom is -0.378 e. The molecule has 1 atom stereocenters. The molecule has 3 heterocycles. The number of imidazole rings is 1. The number of hydrogen-bond donors (Lipinski definition) is 1. The second kappa shape index (κ2) is 7.64. The number of nitrogens with zero attached hydrogens (tertiary/aromatic N) is 6. The monoisotopic (exact) mass is 373 g/mol. The van der Waals surface area contributed by atoms with Crippen molar-refractivity contribution < 1.29 is 0 Å². The minimum atomic E-state index is 0.00747. The lowest BCUT2D eigenvalue weighted by atomic mass is 10.1.